The zero-order valence-electron chi connectivity index (χ0n) is 14.2. The van der Waals surface area contributed by atoms with E-state index < -0.39 is 0 Å². The highest BCUT2D eigenvalue weighted by Gasteiger charge is 2.04. The fraction of sp³-hybridized carbons (Fsp3) is 0.211. The summed E-state index contributed by atoms with van der Waals surface area (Å²) >= 11 is 0. The van der Waals surface area contributed by atoms with Crippen molar-refractivity contribution in [1.82, 2.24) is 20.2 Å². The van der Waals surface area contributed by atoms with Crippen LogP contribution in [0.15, 0.2) is 61.2 Å². The van der Waals surface area contributed by atoms with Crippen molar-refractivity contribution in [2.75, 3.05) is 5.32 Å². The Labute approximate surface area is 147 Å². The van der Waals surface area contributed by atoms with Gasteiger partial charge in [0.2, 0.25) is 5.95 Å². The Morgan fingerprint density at radius 2 is 2.00 bits per heavy atom. The van der Waals surface area contributed by atoms with E-state index in [2.05, 4.69) is 52.5 Å². The first kappa shape index (κ1) is 16.7. The summed E-state index contributed by atoms with van der Waals surface area (Å²) in [5.41, 5.74) is 3.53. The van der Waals surface area contributed by atoms with E-state index >= 15 is 0 Å². The van der Waals surface area contributed by atoms with E-state index in [1.807, 2.05) is 30.3 Å². The van der Waals surface area contributed by atoms with Crippen LogP contribution < -0.4 is 10.1 Å². The molecular formula is C19H21N5O. The molecule has 25 heavy (non-hydrogen) atoms. The van der Waals surface area contributed by atoms with Gasteiger partial charge < -0.3 is 10.1 Å². The Morgan fingerprint density at radius 1 is 1.16 bits per heavy atom. The van der Waals surface area contributed by atoms with Gasteiger partial charge in [0.1, 0.15) is 12.4 Å². The molecule has 0 unspecified atom stereocenters. The van der Waals surface area contributed by atoms with E-state index in [1.54, 1.807) is 10.8 Å². The van der Waals surface area contributed by atoms with Gasteiger partial charge in [-0.25, -0.2) is 4.68 Å². The molecule has 0 aliphatic carbocycles. The van der Waals surface area contributed by atoms with Gasteiger partial charge in [0.05, 0.1) is 6.54 Å². The summed E-state index contributed by atoms with van der Waals surface area (Å²) in [5, 5.41) is 14.7. The van der Waals surface area contributed by atoms with Crippen LogP contribution in [-0.4, -0.2) is 20.2 Å². The second-order valence-corrected chi connectivity index (χ2v) is 5.75. The Morgan fingerprint density at radius 3 is 2.76 bits per heavy atom. The third-order valence-electron chi connectivity index (χ3n) is 3.70. The number of ether oxygens (including phenoxy) is 1. The Kier molecular flexibility index (Phi) is 5.41. The van der Waals surface area contributed by atoms with Crippen LogP contribution in [0.25, 0.3) is 0 Å². The molecule has 128 valence electrons. The molecule has 1 aromatic heterocycles. The van der Waals surface area contributed by atoms with Crippen LogP contribution in [0, 0.1) is 6.92 Å². The molecule has 0 aliphatic rings. The summed E-state index contributed by atoms with van der Waals surface area (Å²) in [5.74, 6) is 1.47. The fourth-order valence-electron chi connectivity index (χ4n) is 2.43. The maximum Gasteiger partial charge on any atom is 0.243 e. The van der Waals surface area contributed by atoms with Crippen molar-refractivity contribution in [1.29, 1.82) is 0 Å². The molecule has 0 saturated carbocycles. The third kappa shape index (κ3) is 4.67. The van der Waals surface area contributed by atoms with E-state index in [4.69, 9.17) is 4.74 Å². The smallest absolute Gasteiger partial charge is 0.243 e. The highest BCUT2D eigenvalue weighted by atomic mass is 16.5. The van der Waals surface area contributed by atoms with Gasteiger partial charge in [-0.05, 0) is 40.6 Å². The summed E-state index contributed by atoms with van der Waals surface area (Å²) in [6, 6.07) is 16.3. The van der Waals surface area contributed by atoms with Crippen LogP contribution in [0.1, 0.15) is 16.7 Å². The lowest BCUT2D eigenvalue weighted by atomic mass is 10.1. The normalized spacial score (nSPS) is 10.4. The molecule has 0 aliphatic heterocycles. The van der Waals surface area contributed by atoms with Gasteiger partial charge in [0.15, 0.2) is 0 Å². The summed E-state index contributed by atoms with van der Waals surface area (Å²) in [7, 11) is 0. The molecule has 6 nitrogen and oxygen atoms in total. The van der Waals surface area contributed by atoms with E-state index in [-0.39, 0.29) is 0 Å². The maximum atomic E-state index is 5.84. The highest BCUT2D eigenvalue weighted by Crippen LogP contribution is 2.15. The molecular weight excluding hydrogens is 314 g/mol. The minimum atomic E-state index is 0.565. The van der Waals surface area contributed by atoms with E-state index in [9.17, 15) is 0 Å². The Hall–Kier alpha value is -3.15. The number of benzene rings is 2. The summed E-state index contributed by atoms with van der Waals surface area (Å²) < 4.78 is 7.49. The second-order valence-electron chi connectivity index (χ2n) is 5.75. The molecule has 0 spiro atoms. The maximum absolute atomic E-state index is 5.84. The molecule has 0 saturated heterocycles. The quantitative estimate of drug-likeness (QED) is 0.640. The predicted molar refractivity (Wildman–Crippen MR) is 97.3 cm³/mol. The van der Waals surface area contributed by atoms with Crippen molar-refractivity contribution in [3.05, 3.63) is 77.9 Å². The summed E-state index contributed by atoms with van der Waals surface area (Å²) in [4.78, 5) is 0. The van der Waals surface area contributed by atoms with Crippen LogP contribution in [0.3, 0.4) is 0 Å². The number of nitrogens with zero attached hydrogens (tertiary/aromatic N) is 4. The lowest BCUT2D eigenvalue weighted by Gasteiger charge is -2.09. The van der Waals surface area contributed by atoms with Gasteiger partial charge >= 0.3 is 0 Å². The van der Waals surface area contributed by atoms with Gasteiger partial charge in [-0.3, -0.25) is 0 Å². The zero-order valence-corrected chi connectivity index (χ0v) is 14.2. The average Bonchev–Trinajstić information content (AvgIpc) is 3.07. The lowest BCUT2D eigenvalue weighted by molar-refractivity contribution is 0.306. The van der Waals surface area contributed by atoms with Crippen LogP contribution in [0.4, 0.5) is 5.95 Å². The molecule has 0 amide bonds. The number of hydrogen-bond donors (Lipinski definition) is 1. The van der Waals surface area contributed by atoms with E-state index in [1.165, 1.54) is 11.1 Å². The van der Waals surface area contributed by atoms with Crippen molar-refractivity contribution in [2.45, 2.75) is 26.6 Å². The van der Waals surface area contributed by atoms with Gasteiger partial charge in [-0.15, -0.1) is 6.58 Å². The van der Waals surface area contributed by atoms with E-state index in [0.29, 0.717) is 25.6 Å². The Bertz CT molecular complexity index is 826. The summed E-state index contributed by atoms with van der Waals surface area (Å²) in [6.07, 6.45) is 1.75. The first-order valence-corrected chi connectivity index (χ1v) is 8.13. The van der Waals surface area contributed by atoms with Crippen LogP contribution in [0.2, 0.25) is 0 Å². The van der Waals surface area contributed by atoms with Crippen molar-refractivity contribution in [2.24, 2.45) is 0 Å². The molecule has 1 heterocycles. The highest BCUT2D eigenvalue weighted by molar-refractivity contribution is 5.31. The minimum Gasteiger partial charge on any atom is -0.489 e. The number of rotatable bonds is 8. The monoisotopic (exact) mass is 335 g/mol. The van der Waals surface area contributed by atoms with Gasteiger partial charge in [0.25, 0.3) is 0 Å². The number of anilines is 1. The van der Waals surface area contributed by atoms with Crippen molar-refractivity contribution in [3.63, 3.8) is 0 Å². The molecule has 0 bridgehead atoms. The predicted octanol–water partition coefficient (Wildman–Crippen LogP) is 3.36. The van der Waals surface area contributed by atoms with Gasteiger partial charge in [-0.1, -0.05) is 53.1 Å². The van der Waals surface area contributed by atoms with Gasteiger partial charge in [-0.2, -0.15) is 0 Å². The topological polar surface area (TPSA) is 64.9 Å². The molecule has 3 rings (SSSR count). The first-order valence-electron chi connectivity index (χ1n) is 8.13. The molecule has 0 atom stereocenters. The number of aromatic nitrogens is 4. The second kappa shape index (κ2) is 8.10. The number of hydrogen-bond acceptors (Lipinski definition) is 5. The molecule has 3 aromatic rings. The van der Waals surface area contributed by atoms with Crippen LogP contribution in [-0.2, 0) is 19.7 Å². The first-order chi connectivity index (χ1) is 12.2. The molecule has 2 aromatic carbocycles. The van der Waals surface area contributed by atoms with E-state index in [0.717, 1.165) is 11.3 Å². The number of tetrazole rings is 1. The van der Waals surface area contributed by atoms with Gasteiger partial charge in [0, 0.05) is 6.54 Å². The number of nitrogens with one attached hydrogen (secondary N) is 1. The summed E-state index contributed by atoms with van der Waals surface area (Å²) in [6.45, 7) is 7.54. The van der Waals surface area contributed by atoms with Crippen molar-refractivity contribution >= 4 is 5.95 Å². The molecule has 1 N–H and O–H groups in total. The molecule has 6 heteroatoms. The zero-order chi connectivity index (χ0) is 17.5. The standard InChI is InChI=1S/C19H21N5O/c1-3-11-24-19(21-22-23-24)20-13-16-7-9-18(10-8-16)25-14-17-6-4-5-15(2)12-17/h3-10,12H,1,11,13-14H2,2H3,(H,20,21,23). The van der Waals surface area contributed by atoms with Crippen LogP contribution >= 0.6 is 0 Å². The Balaban J connectivity index is 1.53. The number of aryl methyl sites for hydroxylation is 1. The third-order valence-corrected chi connectivity index (χ3v) is 3.70. The average molecular weight is 335 g/mol. The van der Waals surface area contributed by atoms with Crippen molar-refractivity contribution < 1.29 is 4.74 Å². The fourth-order valence-corrected chi connectivity index (χ4v) is 2.43. The van der Waals surface area contributed by atoms with Crippen LogP contribution in [0.5, 0.6) is 5.75 Å². The SMILES string of the molecule is C=CCn1nnnc1NCc1ccc(OCc2cccc(C)c2)cc1. The minimum absolute atomic E-state index is 0.565. The lowest BCUT2D eigenvalue weighted by Crippen LogP contribution is -2.08. The molecule has 0 radical (unpaired) electrons. The largest absolute Gasteiger partial charge is 0.489 e. The number of allylic oxidation sites excluding steroid dienone is 1. The molecule has 0 fully saturated rings. The van der Waals surface area contributed by atoms with Crippen molar-refractivity contribution in [3.8, 4) is 5.75 Å².